The Bertz CT molecular complexity index is 1030. The van der Waals surface area contributed by atoms with E-state index in [1.54, 1.807) is 16.7 Å². The van der Waals surface area contributed by atoms with Crippen LogP contribution in [0.1, 0.15) is 18.4 Å². The molecule has 2 amide bonds. The van der Waals surface area contributed by atoms with Gasteiger partial charge in [-0.25, -0.2) is 0 Å². The zero-order valence-electron chi connectivity index (χ0n) is 17.4. The molecule has 2 aliphatic rings. The summed E-state index contributed by atoms with van der Waals surface area (Å²) in [5.41, 5.74) is 9.63. The van der Waals surface area contributed by atoms with Gasteiger partial charge < -0.3 is 15.4 Å². The average molecular weight is 436 g/mol. The zero-order valence-corrected chi connectivity index (χ0v) is 18.2. The number of fused-ring (bicyclic) bond motifs is 1. The summed E-state index contributed by atoms with van der Waals surface area (Å²) in [5, 5.41) is 9.67. The Morgan fingerprint density at radius 1 is 1.29 bits per heavy atom. The summed E-state index contributed by atoms with van der Waals surface area (Å²) in [6, 6.07) is 16.7. The SMILES string of the molecule is CN1C(=O)CSc2cc(-c3ccc(CC(C#N)C4CC(C(N)=O)CCO4)cc3)ccc21. The first kappa shape index (κ1) is 21.4. The van der Waals surface area contributed by atoms with Gasteiger partial charge in [0.05, 0.1) is 29.5 Å². The van der Waals surface area contributed by atoms with E-state index in [4.69, 9.17) is 10.5 Å². The van der Waals surface area contributed by atoms with E-state index in [2.05, 4.69) is 24.3 Å². The highest BCUT2D eigenvalue weighted by Gasteiger charge is 2.32. The number of hydrogen-bond acceptors (Lipinski definition) is 5. The molecule has 160 valence electrons. The van der Waals surface area contributed by atoms with Crippen LogP contribution in [0.4, 0.5) is 5.69 Å². The highest BCUT2D eigenvalue weighted by atomic mass is 32.2. The van der Waals surface area contributed by atoms with Gasteiger partial charge in [0.2, 0.25) is 11.8 Å². The van der Waals surface area contributed by atoms with E-state index >= 15 is 0 Å². The molecule has 0 spiro atoms. The van der Waals surface area contributed by atoms with Crippen LogP contribution in [0.5, 0.6) is 0 Å². The third kappa shape index (κ3) is 4.60. The third-order valence-corrected chi connectivity index (χ3v) is 7.15. The van der Waals surface area contributed by atoms with E-state index in [-0.39, 0.29) is 29.8 Å². The number of hydrogen-bond donors (Lipinski definition) is 1. The maximum absolute atomic E-state index is 11.9. The summed E-state index contributed by atoms with van der Waals surface area (Å²) >= 11 is 1.57. The molecule has 0 aromatic heterocycles. The van der Waals surface area contributed by atoms with Gasteiger partial charge in [-0.1, -0.05) is 30.3 Å². The van der Waals surface area contributed by atoms with Crippen molar-refractivity contribution >= 4 is 29.3 Å². The van der Waals surface area contributed by atoms with Gasteiger partial charge in [0.25, 0.3) is 0 Å². The monoisotopic (exact) mass is 435 g/mol. The summed E-state index contributed by atoms with van der Waals surface area (Å²) < 4.78 is 5.79. The molecular formula is C24H25N3O3S. The number of amides is 2. The van der Waals surface area contributed by atoms with Crippen LogP contribution in [0.3, 0.4) is 0 Å². The molecule has 2 heterocycles. The molecule has 2 aromatic rings. The lowest BCUT2D eigenvalue weighted by Crippen LogP contribution is -2.37. The van der Waals surface area contributed by atoms with Crippen LogP contribution in [-0.4, -0.2) is 37.3 Å². The van der Waals surface area contributed by atoms with Gasteiger partial charge in [-0.3, -0.25) is 9.59 Å². The smallest absolute Gasteiger partial charge is 0.237 e. The number of anilines is 1. The van der Waals surface area contributed by atoms with Crippen molar-refractivity contribution in [1.29, 1.82) is 5.26 Å². The number of benzene rings is 2. The average Bonchev–Trinajstić information content (AvgIpc) is 2.80. The molecule has 7 heteroatoms. The minimum absolute atomic E-state index is 0.116. The predicted octanol–water partition coefficient (Wildman–Crippen LogP) is 3.38. The minimum atomic E-state index is -0.318. The first-order valence-electron chi connectivity index (χ1n) is 10.4. The molecule has 0 aliphatic carbocycles. The van der Waals surface area contributed by atoms with Gasteiger partial charge >= 0.3 is 0 Å². The summed E-state index contributed by atoms with van der Waals surface area (Å²) in [7, 11) is 1.81. The van der Waals surface area contributed by atoms with Crippen molar-refractivity contribution in [1.82, 2.24) is 0 Å². The Hall–Kier alpha value is -2.82. The van der Waals surface area contributed by atoms with E-state index in [9.17, 15) is 14.9 Å². The Labute approximate surface area is 186 Å². The van der Waals surface area contributed by atoms with Crippen molar-refractivity contribution in [3.63, 3.8) is 0 Å². The number of nitriles is 1. The number of nitrogens with two attached hydrogens (primary N) is 1. The summed E-state index contributed by atoms with van der Waals surface area (Å²) in [6.07, 6.45) is 1.44. The van der Waals surface area contributed by atoms with Crippen molar-refractivity contribution in [2.45, 2.75) is 30.3 Å². The topological polar surface area (TPSA) is 96.4 Å². The van der Waals surface area contributed by atoms with Crippen LogP contribution in [-0.2, 0) is 20.7 Å². The minimum Gasteiger partial charge on any atom is -0.377 e. The highest BCUT2D eigenvalue weighted by molar-refractivity contribution is 8.00. The molecule has 4 rings (SSSR count). The molecule has 0 saturated carbocycles. The molecule has 1 fully saturated rings. The van der Waals surface area contributed by atoms with Crippen molar-refractivity contribution in [3.05, 3.63) is 48.0 Å². The summed E-state index contributed by atoms with van der Waals surface area (Å²) in [4.78, 5) is 26.2. The van der Waals surface area contributed by atoms with Crippen LogP contribution >= 0.6 is 11.8 Å². The zero-order chi connectivity index (χ0) is 22.0. The molecule has 0 radical (unpaired) electrons. The van der Waals surface area contributed by atoms with Crippen molar-refractivity contribution in [3.8, 4) is 17.2 Å². The van der Waals surface area contributed by atoms with Gasteiger partial charge in [-0.15, -0.1) is 11.8 Å². The lowest BCUT2D eigenvalue weighted by atomic mass is 9.85. The molecule has 2 aromatic carbocycles. The second kappa shape index (κ2) is 9.13. The van der Waals surface area contributed by atoms with Crippen LogP contribution in [0.15, 0.2) is 47.4 Å². The lowest BCUT2D eigenvalue weighted by molar-refractivity contribution is -0.127. The molecule has 2 N–H and O–H groups in total. The number of nitrogens with zero attached hydrogens (tertiary/aromatic N) is 2. The van der Waals surface area contributed by atoms with Crippen LogP contribution in [0.25, 0.3) is 11.1 Å². The quantitative estimate of drug-likeness (QED) is 0.777. The normalized spacial score (nSPS) is 21.8. The molecule has 6 nitrogen and oxygen atoms in total. The predicted molar refractivity (Wildman–Crippen MR) is 120 cm³/mol. The molecule has 2 aliphatic heterocycles. The Kier molecular flexibility index (Phi) is 6.30. The van der Waals surface area contributed by atoms with E-state index in [0.29, 0.717) is 31.6 Å². The molecule has 0 bridgehead atoms. The number of ether oxygens (including phenoxy) is 1. The maximum atomic E-state index is 11.9. The molecule has 3 unspecified atom stereocenters. The third-order valence-electron chi connectivity index (χ3n) is 6.12. The van der Waals surface area contributed by atoms with E-state index in [1.807, 2.05) is 31.3 Å². The first-order chi connectivity index (χ1) is 15.0. The highest BCUT2D eigenvalue weighted by Crippen LogP contribution is 2.37. The molecule has 1 saturated heterocycles. The Balaban J connectivity index is 1.46. The van der Waals surface area contributed by atoms with Gasteiger partial charge in [0.1, 0.15) is 0 Å². The second-order valence-corrected chi connectivity index (χ2v) is 9.11. The standard InChI is InChI=1S/C24H25N3O3S/c1-27-20-7-6-17(12-22(20)31-14-23(27)28)16-4-2-15(3-5-16)10-19(13-25)21-11-18(24(26)29)8-9-30-21/h2-7,12,18-19,21H,8-11,14H2,1H3,(H2,26,29). The fourth-order valence-corrected chi connectivity index (χ4v) is 5.21. The maximum Gasteiger partial charge on any atom is 0.237 e. The van der Waals surface area contributed by atoms with Gasteiger partial charge in [0.15, 0.2) is 0 Å². The fraction of sp³-hybridized carbons (Fsp3) is 0.375. The fourth-order valence-electron chi connectivity index (χ4n) is 4.17. The van der Waals surface area contributed by atoms with E-state index in [1.165, 1.54) is 0 Å². The first-order valence-corrected chi connectivity index (χ1v) is 11.4. The van der Waals surface area contributed by atoms with Crippen LogP contribution in [0, 0.1) is 23.2 Å². The Morgan fingerprint density at radius 2 is 2.03 bits per heavy atom. The molecule has 3 atom stereocenters. The van der Waals surface area contributed by atoms with E-state index in [0.717, 1.165) is 27.3 Å². The van der Waals surface area contributed by atoms with Crippen LogP contribution in [0.2, 0.25) is 0 Å². The largest absolute Gasteiger partial charge is 0.377 e. The van der Waals surface area contributed by atoms with Crippen LogP contribution < -0.4 is 10.6 Å². The van der Waals surface area contributed by atoms with E-state index < -0.39 is 0 Å². The van der Waals surface area contributed by atoms with Gasteiger partial charge in [-0.2, -0.15) is 5.26 Å². The summed E-state index contributed by atoms with van der Waals surface area (Å²) in [5.74, 6) is -0.269. The Morgan fingerprint density at radius 3 is 2.74 bits per heavy atom. The molecule has 31 heavy (non-hydrogen) atoms. The molecular weight excluding hydrogens is 410 g/mol. The number of carbonyl (C=O) groups excluding carboxylic acids is 2. The lowest BCUT2D eigenvalue weighted by Gasteiger charge is -2.30. The number of carbonyl (C=O) groups is 2. The number of thioether (sulfide) groups is 1. The second-order valence-electron chi connectivity index (χ2n) is 8.09. The van der Waals surface area contributed by atoms with Crippen molar-refractivity contribution in [2.24, 2.45) is 17.6 Å². The van der Waals surface area contributed by atoms with Crippen molar-refractivity contribution < 1.29 is 14.3 Å². The van der Waals surface area contributed by atoms with Crippen molar-refractivity contribution in [2.75, 3.05) is 24.3 Å². The van der Waals surface area contributed by atoms with Gasteiger partial charge in [0, 0.05) is 24.5 Å². The summed E-state index contributed by atoms with van der Waals surface area (Å²) in [6.45, 7) is 0.465. The number of rotatable bonds is 5. The number of primary amides is 1. The van der Waals surface area contributed by atoms with Gasteiger partial charge in [-0.05, 0) is 48.1 Å².